The van der Waals surface area contributed by atoms with Crippen LogP contribution in [0.25, 0.3) is 0 Å². The van der Waals surface area contributed by atoms with Gasteiger partial charge >= 0.3 is 0 Å². The maximum absolute atomic E-state index is 12.4. The Morgan fingerprint density at radius 2 is 1.81 bits per heavy atom. The van der Waals surface area contributed by atoms with Crippen molar-refractivity contribution in [3.05, 3.63) is 18.2 Å². The number of nitrogens with one attached hydrogen (secondary N) is 1. The number of aliphatic hydroxyl groups is 1. The molecule has 1 aromatic rings. The number of fused-ring (bicyclic) bond motifs is 1. The topological polar surface area (TPSA) is 84.9 Å². The molecule has 0 radical (unpaired) electrons. The average Bonchev–Trinajstić information content (AvgIpc) is 2.49. The molecule has 0 unspecified atom stereocenters. The van der Waals surface area contributed by atoms with Gasteiger partial charge in [-0.25, -0.2) is 13.1 Å². The highest BCUT2D eigenvalue weighted by Crippen LogP contribution is 2.32. The largest absolute Gasteiger partial charge is 0.486 e. The summed E-state index contributed by atoms with van der Waals surface area (Å²) in [5.74, 6) is 0.992. The van der Waals surface area contributed by atoms with Crippen LogP contribution in [-0.4, -0.2) is 38.9 Å². The molecule has 0 spiro atoms. The van der Waals surface area contributed by atoms with Crippen molar-refractivity contribution in [3.8, 4) is 11.5 Å². The van der Waals surface area contributed by atoms with Gasteiger partial charge in [0.25, 0.3) is 0 Å². The van der Waals surface area contributed by atoms with Crippen LogP contribution in [0.3, 0.4) is 0 Å². The molecule has 1 saturated carbocycles. The highest BCUT2D eigenvalue weighted by molar-refractivity contribution is 7.89. The molecule has 116 valence electrons. The Balaban J connectivity index is 1.81. The normalized spacial score (nSPS) is 25.6. The molecule has 1 aliphatic carbocycles. The van der Waals surface area contributed by atoms with Crippen molar-refractivity contribution in [2.24, 2.45) is 0 Å². The van der Waals surface area contributed by atoms with Gasteiger partial charge in [0.2, 0.25) is 10.0 Å². The molecule has 0 amide bonds. The quantitative estimate of drug-likeness (QED) is 0.871. The maximum atomic E-state index is 12.4. The molecule has 2 atom stereocenters. The van der Waals surface area contributed by atoms with Gasteiger partial charge in [-0.1, -0.05) is 12.8 Å². The van der Waals surface area contributed by atoms with Gasteiger partial charge in [0.05, 0.1) is 11.0 Å². The monoisotopic (exact) mass is 313 g/mol. The van der Waals surface area contributed by atoms with E-state index in [0.29, 0.717) is 37.6 Å². The molecule has 1 fully saturated rings. The lowest BCUT2D eigenvalue weighted by Gasteiger charge is -2.28. The molecule has 1 aliphatic heterocycles. The van der Waals surface area contributed by atoms with Crippen LogP contribution in [0.15, 0.2) is 23.1 Å². The predicted octanol–water partition coefficient (Wildman–Crippen LogP) is 1.04. The molecule has 7 heteroatoms. The van der Waals surface area contributed by atoms with Gasteiger partial charge in [-0.3, -0.25) is 0 Å². The highest BCUT2D eigenvalue weighted by atomic mass is 32.2. The summed E-state index contributed by atoms with van der Waals surface area (Å²) in [4.78, 5) is 0.129. The zero-order chi connectivity index (χ0) is 14.9. The molecule has 1 heterocycles. The number of aliphatic hydroxyl groups excluding tert-OH is 1. The fraction of sp³-hybridized carbons (Fsp3) is 0.571. The molecular weight excluding hydrogens is 294 g/mol. The average molecular weight is 313 g/mol. The molecule has 1 aromatic carbocycles. The van der Waals surface area contributed by atoms with E-state index in [1.807, 2.05) is 0 Å². The SMILES string of the molecule is O=S(=O)(N[C@H]1CCCC[C@@H]1O)c1ccc2c(c1)OCCO2. The number of benzene rings is 1. The predicted molar refractivity (Wildman–Crippen MR) is 76.0 cm³/mol. The fourth-order valence-corrected chi connectivity index (χ4v) is 4.03. The Bertz CT molecular complexity index is 616. The number of hydrogen-bond acceptors (Lipinski definition) is 5. The second-order valence-corrected chi connectivity index (χ2v) is 7.10. The van der Waals surface area contributed by atoms with Crippen molar-refractivity contribution >= 4 is 10.0 Å². The molecule has 21 heavy (non-hydrogen) atoms. The number of ether oxygens (including phenoxy) is 2. The van der Waals surface area contributed by atoms with Crippen LogP contribution in [0.5, 0.6) is 11.5 Å². The van der Waals surface area contributed by atoms with Crippen LogP contribution < -0.4 is 14.2 Å². The number of sulfonamides is 1. The van der Waals surface area contributed by atoms with Gasteiger partial charge in [-0.05, 0) is 25.0 Å². The Morgan fingerprint density at radius 3 is 2.57 bits per heavy atom. The Hall–Kier alpha value is -1.31. The van der Waals surface area contributed by atoms with Crippen LogP contribution in [0, 0.1) is 0 Å². The first kappa shape index (κ1) is 14.6. The van der Waals surface area contributed by atoms with Gasteiger partial charge < -0.3 is 14.6 Å². The highest BCUT2D eigenvalue weighted by Gasteiger charge is 2.28. The summed E-state index contributed by atoms with van der Waals surface area (Å²) >= 11 is 0. The van der Waals surface area contributed by atoms with Crippen LogP contribution >= 0.6 is 0 Å². The molecular formula is C14H19NO5S. The van der Waals surface area contributed by atoms with Crippen molar-refractivity contribution in [2.75, 3.05) is 13.2 Å². The fourth-order valence-electron chi connectivity index (χ4n) is 2.71. The lowest BCUT2D eigenvalue weighted by Crippen LogP contribution is -2.44. The van der Waals surface area contributed by atoms with E-state index in [1.54, 1.807) is 6.07 Å². The summed E-state index contributed by atoms with van der Waals surface area (Å²) in [6, 6.07) is 4.13. The summed E-state index contributed by atoms with van der Waals surface area (Å²) < 4.78 is 38.2. The van der Waals surface area contributed by atoms with Gasteiger partial charge in [-0.15, -0.1) is 0 Å². The molecule has 2 N–H and O–H groups in total. The molecule has 0 bridgehead atoms. The van der Waals surface area contributed by atoms with E-state index < -0.39 is 22.2 Å². The second-order valence-electron chi connectivity index (χ2n) is 5.39. The molecule has 6 nitrogen and oxygen atoms in total. The van der Waals surface area contributed by atoms with Gasteiger partial charge in [0.1, 0.15) is 13.2 Å². The van der Waals surface area contributed by atoms with Crippen LogP contribution in [-0.2, 0) is 10.0 Å². The summed E-state index contributed by atoms with van der Waals surface area (Å²) in [6.45, 7) is 0.872. The molecule has 2 aliphatic rings. The zero-order valence-electron chi connectivity index (χ0n) is 11.6. The van der Waals surface area contributed by atoms with Gasteiger partial charge in [0, 0.05) is 12.1 Å². The number of hydrogen-bond donors (Lipinski definition) is 2. The second kappa shape index (κ2) is 5.82. The lowest BCUT2D eigenvalue weighted by atomic mass is 9.93. The van der Waals surface area contributed by atoms with E-state index in [2.05, 4.69) is 4.72 Å². The van der Waals surface area contributed by atoms with Gasteiger partial charge in [0.15, 0.2) is 11.5 Å². The summed E-state index contributed by atoms with van der Waals surface area (Å²) in [6.07, 6.45) is 2.53. The first-order valence-corrected chi connectivity index (χ1v) is 8.65. The van der Waals surface area contributed by atoms with Gasteiger partial charge in [-0.2, -0.15) is 0 Å². The van der Waals surface area contributed by atoms with Crippen LogP contribution in [0.2, 0.25) is 0 Å². The van der Waals surface area contributed by atoms with E-state index in [-0.39, 0.29) is 4.90 Å². The van der Waals surface area contributed by atoms with Crippen LogP contribution in [0.4, 0.5) is 0 Å². The van der Waals surface area contributed by atoms with E-state index >= 15 is 0 Å². The first-order valence-electron chi connectivity index (χ1n) is 7.16. The lowest BCUT2D eigenvalue weighted by molar-refractivity contribution is 0.101. The van der Waals surface area contributed by atoms with E-state index in [1.165, 1.54) is 12.1 Å². The minimum Gasteiger partial charge on any atom is -0.486 e. The minimum atomic E-state index is -3.67. The van der Waals surface area contributed by atoms with E-state index in [9.17, 15) is 13.5 Å². The maximum Gasteiger partial charge on any atom is 0.241 e. The van der Waals surface area contributed by atoms with Crippen molar-refractivity contribution in [2.45, 2.75) is 42.7 Å². The molecule has 0 saturated heterocycles. The zero-order valence-corrected chi connectivity index (χ0v) is 12.4. The third-order valence-corrected chi connectivity index (χ3v) is 5.35. The minimum absolute atomic E-state index is 0.129. The summed E-state index contributed by atoms with van der Waals surface area (Å²) in [7, 11) is -3.67. The molecule has 3 rings (SSSR count). The molecule has 0 aromatic heterocycles. The summed E-state index contributed by atoms with van der Waals surface area (Å²) in [5, 5.41) is 9.90. The van der Waals surface area contributed by atoms with Crippen molar-refractivity contribution < 1.29 is 23.0 Å². The van der Waals surface area contributed by atoms with Crippen molar-refractivity contribution in [3.63, 3.8) is 0 Å². The van der Waals surface area contributed by atoms with Crippen LogP contribution in [0.1, 0.15) is 25.7 Å². The Morgan fingerprint density at radius 1 is 1.10 bits per heavy atom. The van der Waals surface area contributed by atoms with Crippen molar-refractivity contribution in [1.29, 1.82) is 0 Å². The van der Waals surface area contributed by atoms with Crippen molar-refractivity contribution in [1.82, 2.24) is 4.72 Å². The smallest absolute Gasteiger partial charge is 0.241 e. The Kier molecular flexibility index (Phi) is 4.05. The van der Waals surface area contributed by atoms with E-state index in [4.69, 9.17) is 9.47 Å². The standard InChI is InChI=1S/C14H19NO5S/c16-12-4-2-1-3-11(12)15-21(17,18)10-5-6-13-14(9-10)20-8-7-19-13/h5-6,9,11-12,15-16H,1-4,7-8H2/t11-,12-/m0/s1. The third-order valence-electron chi connectivity index (χ3n) is 3.86. The summed E-state index contributed by atoms with van der Waals surface area (Å²) in [5.41, 5.74) is 0. The number of rotatable bonds is 3. The Labute approximate surface area is 124 Å². The first-order chi connectivity index (χ1) is 10.1. The third kappa shape index (κ3) is 3.14. The van der Waals surface area contributed by atoms with E-state index in [0.717, 1.165) is 12.8 Å².